The first-order chi connectivity index (χ1) is 11.2. The number of amides is 1. The van der Waals surface area contributed by atoms with Crippen LogP contribution in [0.15, 0.2) is 12.1 Å². The molecule has 0 aromatic heterocycles. The number of carbonyl (C=O) groups is 1. The van der Waals surface area contributed by atoms with Crippen LogP contribution in [0.25, 0.3) is 0 Å². The zero-order chi connectivity index (χ0) is 16.2. The quantitative estimate of drug-likeness (QED) is 0.876. The molecule has 1 saturated heterocycles. The standard InChI is InChI=1S/C16H21ClN2O4/c17-12-7-14-15(23-6-2-5-22-14)8-13(12)18-16(21)9-19-4-1-3-11(19)10-20/h7-8,11,20H,1-6,9-10H2,(H,18,21)/t11-/m0/s1. The van der Waals surface area contributed by atoms with Crippen LogP contribution in [0.5, 0.6) is 11.5 Å². The summed E-state index contributed by atoms with van der Waals surface area (Å²) in [5.41, 5.74) is 0.515. The van der Waals surface area contributed by atoms with Crippen LogP contribution in [0.1, 0.15) is 19.3 Å². The lowest BCUT2D eigenvalue weighted by molar-refractivity contribution is -0.117. The third kappa shape index (κ3) is 3.88. The number of hydrogen-bond acceptors (Lipinski definition) is 5. The highest BCUT2D eigenvalue weighted by Crippen LogP contribution is 2.37. The third-order valence-corrected chi connectivity index (χ3v) is 4.48. The molecule has 7 heteroatoms. The Bertz CT molecular complexity index is 581. The highest BCUT2D eigenvalue weighted by atomic mass is 35.5. The topological polar surface area (TPSA) is 71.0 Å². The van der Waals surface area contributed by atoms with Crippen LogP contribution in [0.3, 0.4) is 0 Å². The molecule has 2 aliphatic rings. The van der Waals surface area contributed by atoms with Gasteiger partial charge in [0, 0.05) is 24.6 Å². The number of carbonyl (C=O) groups excluding carboxylic acids is 1. The van der Waals surface area contributed by atoms with Crippen LogP contribution in [-0.4, -0.2) is 54.9 Å². The Balaban J connectivity index is 1.67. The molecule has 1 fully saturated rings. The number of benzene rings is 1. The molecule has 126 valence electrons. The van der Waals surface area contributed by atoms with E-state index >= 15 is 0 Å². The highest BCUT2D eigenvalue weighted by Gasteiger charge is 2.25. The second-order valence-electron chi connectivity index (χ2n) is 5.83. The average Bonchev–Trinajstić information content (AvgIpc) is 2.85. The lowest BCUT2D eigenvalue weighted by atomic mass is 10.2. The molecule has 1 aromatic carbocycles. The third-order valence-electron chi connectivity index (χ3n) is 4.17. The Hall–Kier alpha value is -1.50. The van der Waals surface area contributed by atoms with Crippen LogP contribution in [0.4, 0.5) is 5.69 Å². The molecule has 23 heavy (non-hydrogen) atoms. The van der Waals surface area contributed by atoms with Gasteiger partial charge in [-0.25, -0.2) is 0 Å². The maximum absolute atomic E-state index is 12.3. The van der Waals surface area contributed by atoms with Gasteiger partial charge in [-0.1, -0.05) is 11.6 Å². The Kier molecular flexibility index (Phi) is 5.25. The molecule has 6 nitrogen and oxygen atoms in total. The maximum Gasteiger partial charge on any atom is 0.238 e. The lowest BCUT2D eigenvalue weighted by Crippen LogP contribution is -2.38. The molecule has 0 aliphatic carbocycles. The molecule has 3 rings (SSSR count). The molecule has 2 heterocycles. The molecule has 1 aromatic rings. The van der Waals surface area contributed by atoms with Gasteiger partial charge < -0.3 is 19.9 Å². The smallest absolute Gasteiger partial charge is 0.238 e. The Morgan fingerprint density at radius 1 is 1.30 bits per heavy atom. The van der Waals surface area contributed by atoms with Gasteiger partial charge in [-0.3, -0.25) is 9.69 Å². The van der Waals surface area contributed by atoms with E-state index in [0.717, 1.165) is 25.8 Å². The van der Waals surface area contributed by atoms with E-state index in [-0.39, 0.29) is 25.1 Å². The minimum absolute atomic E-state index is 0.0694. The number of rotatable bonds is 4. The lowest BCUT2D eigenvalue weighted by Gasteiger charge is -2.22. The Morgan fingerprint density at radius 3 is 2.78 bits per heavy atom. The summed E-state index contributed by atoms with van der Waals surface area (Å²) in [7, 11) is 0. The first-order valence-corrected chi connectivity index (χ1v) is 8.29. The van der Waals surface area contributed by atoms with Crippen LogP contribution in [-0.2, 0) is 4.79 Å². The summed E-state index contributed by atoms with van der Waals surface area (Å²) in [6.07, 6.45) is 2.74. The summed E-state index contributed by atoms with van der Waals surface area (Å²) in [6.45, 7) is 2.32. The number of ether oxygens (including phenoxy) is 2. The molecule has 0 unspecified atom stereocenters. The van der Waals surface area contributed by atoms with E-state index in [1.165, 1.54) is 0 Å². The fourth-order valence-corrected chi connectivity index (χ4v) is 3.16. The molecule has 0 bridgehead atoms. The van der Waals surface area contributed by atoms with Gasteiger partial charge in [0.1, 0.15) is 0 Å². The molecular formula is C16H21ClN2O4. The van der Waals surface area contributed by atoms with Crippen molar-refractivity contribution >= 4 is 23.2 Å². The van der Waals surface area contributed by atoms with E-state index in [1.54, 1.807) is 12.1 Å². The summed E-state index contributed by atoms with van der Waals surface area (Å²) in [5.74, 6) is 1.05. The second-order valence-corrected chi connectivity index (χ2v) is 6.23. The van der Waals surface area contributed by atoms with Crippen LogP contribution >= 0.6 is 11.6 Å². The number of fused-ring (bicyclic) bond motifs is 1. The number of nitrogens with zero attached hydrogens (tertiary/aromatic N) is 1. The molecule has 1 atom stereocenters. The molecule has 2 aliphatic heterocycles. The maximum atomic E-state index is 12.3. The number of aliphatic hydroxyl groups excluding tert-OH is 1. The number of halogens is 1. The minimum atomic E-state index is -0.151. The van der Waals surface area contributed by atoms with Crippen molar-refractivity contribution in [3.05, 3.63) is 17.2 Å². The van der Waals surface area contributed by atoms with Crippen molar-refractivity contribution in [2.75, 3.05) is 38.2 Å². The van der Waals surface area contributed by atoms with Crippen molar-refractivity contribution in [2.24, 2.45) is 0 Å². The summed E-state index contributed by atoms with van der Waals surface area (Å²) in [4.78, 5) is 14.2. The SMILES string of the molecule is O=C(CN1CCC[C@H]1CO)Nc1cc2c(cc1Cl)OCCCO2. The minimum Gasteiger partial charge on any atom is -0.490 e. The van der Waals surface area contributed by atoms with Crippen molar-refractivity contribution in [1.82, 2.24) is 4.90 Å². The molecular weight excluding hydrogens is 320 g/mol. The van der Waals surface area contributed by atoms with Gasteiger partial charge >= 0.3 is 0 Å². The monoisotopic (exact) mass is 340 g/mol. The number of hydrogen-bond donors (Lipinski definition) is 2. The average molecular weight is 341 g/mol. The van der Waals surface area contributed by atoms with Crippen molar-refractivity contribution in [3.63, 3.8) is 0 Å². The van der Waals surface area contributed by atoms with Crippen LogP contribution in [0.2, 0.25) is 5.02 Å². The first kappa shape index (κ1) is 16.4. The summed E-state index contributed by atoms with van der Waals surface area (Å²) < 4.78 is 11.2. The largest absolute Gasteiger partial charge is 0.490 e. The van der Waals surface area contributed by atoms with Gasteiger partial charge in [-0.15, -0.1) is 0 Å². The van der Waals surface area contributed by atoms with Crippen molar-refractivity contribution in [1.29, 1.82) is 0 Å². The van der Waals surface area contributed by atoms with Crippen LogP contribution in [0, 0.1) is 0 Å². The van der Waals surface area contributed by atoms with E-state index in [0.29, 0.717) is 35.4 Å². The van der Waals surface area contributed by atoms with Gasteiger partial charge in [0.15, 0.2) is 11.5 Å². The summed E-state index contributed by atoms with van der Waals surface area (Å²) in [5, 5.41) is 12.6. The van der Waals surface area contributed by atoms with Gasteiger partial charge in [0.2, 0.25) is 5.91 Å². The molecule has 0 radical (unpaired) electrons. The summed E-state index contributed by atoms with van der Waals surface area (Å²) >= 11 is 6.23. The molecule has 0 saturated carbocycles. The molecule has 0 spiro atoms. The number of nitrogens with one attached hydrogen (secondary N) is 1. The normalized spacial score (nSPS) is 21.0. The number of aliphatic hydroxyl groups is 1. The number of anilines is 1. The molecule has 1 amide bonds. The van der Waals surface area contributed by atoms with Crippen molar-refractivity contribution < 1.29 is 19.4 Å². The fraction of sp³-hybridized carbons (Fsp3) is 0.562. The highest BCUT2D eigenvalue weighted by molar-refractivity contribution is 6.34. The van der Waals surface area contributed by atoms with Gasteiger partial charge in [0.05, 0.1) is 37.1 Å². The van der Waals surface area contributed by atoms with E-state index in [4.69, 9.17) is 21.1 Å². The van der Waals surface area contributed by atoms with Crippen molar-refractivity contribution in [2.45, 2.75) is 25.3 Å². The van der Waals surface area contributed by atoms with E-state index in [9.17, 15) is 9.90 Å². The van der Waals surface area contributed by atoms with E-state index in [2.05, 4.69) is 5.32 Å². The predicted molar refractivity (Wildman–Crippen MR) is 87.4 cm³/mol. The number of likely N-dealkylation sites (tertiary alicyclic amines) is 1. The van der Waals surface area contributed by atoms with Gasteiger partial charge in [0.25, 0.3) is 0 Å². The first-order valence-electron chi connectivity index (χ1n) is 7.91. The molecule has 2 N–H and O–H groups in total. The second kappa shape index (κ2) is 7.38. The van der Waals surface area contributed by atoms with Crippen molar-refractivity contribution in [3.8, 4) is 11.5 Å². The van der Waals surface area contributed by atoms with Gasteiger partial charge in [-0.05, 0) is 19.4 Å². The zero-order valence-corrected chi connectivity index (χ0v) is 13.6. The van der Waals surface area contributed by atoms with E-state index in [1.807, 2.05) is 4.90 Å². The van der Waals surface area contributed by atoms with Gasteiger partial charge in [-0.2, -0.15) is 0 Å². The predicted octanol–water partition coefficient (Wildman–Crippen LogP) is 1.90. The Labute approximate surface area is 140 Å². The fourth-order valence-electron chi connectivity index (χ4n) is 2.96. The zero-order valence-electron chi connectivity index (χ0n) is 12.9. The van der Waals surface area contributed by atoms with Crippen LogP contribution < -0.4 is 14.8 Å². The summed E-state index contributed by atoms with van der Waals surface area (Å²) in [6, 6.07) is 3.44. The Morgan fingerprint density at radius 2 is 2.04 bits per heavy atom. The van der Waals surface area contributed by atoms with E-state index < -0.39 is 0 Å².